The van der Waals surface area contributed by atoms with Crippen molar-refractivity contribution in [3.05, 3.63) is 77.1 Å². The van der Waals surface area contributed by atoms with Crippen LogP contribution in [0.1, 0.15) is 21.2 Å². The van der Waals surface area contributed by atoms with Crippen LogP contribution in [0, 0.1) is 0 Å². The number of para-hydroxylation sites is 1. The van der Waals surface area contributed by atoms with Crippen LogP contribution in [0.3, 0.4) is 0 Å². The molecule has 4 aromatic rings. The number of rotatable bonds is 6. The quantitative estimate of drug-likeness (QED) is 0.568. The average molecular weight is 365 g/mol. The molecule has 0 unspecified atom stereocenters. The van der Waals surface area contributed by atoms with E-state index in [1.165, 1.54) is 11.3 Å². The van der Waals surface area contributed by atoms with Crippen LogP contribution in [0.4, 0.5) is 0 Å². The molecule has 0 spiro atoms. The van der Waals surface area contributed by atoms with Crippen LogP contribution in [-0.2, 0) is 13.2 Å². The van der Waals surface area contributed by atoms with Gasteiger partial charge in [-0.25, -0.2) is 0 Å². The topological polar surface area (TPSA) is 81.4 Å². The van der Waals surface area contributed by atoms with Gasteiger partial charge in [-0.2, -0.15) is 9.61 Å². The number of carbonyl (C=O) groups is 1. The van der Waals surface area contributed by atoms with Crippen molar-refractivity contribution >= 4 is 22.2 Å². The fraction of sp³-hybridized carbons (Fsp3) is 0.111. The number of carbonyl (C=O) groups excluding carboxylic acids is 1. The molecule has 130 valence electrons. The summed E-state index contributed by atoms with van der Waals surface area (Å²) < 4.78 is 7.35. The van der Waals surface area contributed by atoms with Gasteiger partial charge in [0, 0.05) is 5.56 Å². The zero-order valence-electron chi connectivity index (χ0n) is 13.7. The van der Waals surface area contributed by atoms with Gasteiger partial charge in [0.25, 0.3) is 5.91 Å². The lowest BCUT2D eigenvalue weighted by Gasteiger charge is -2.03. The van der Waals surface area contributed by atoms with Gasteiger partial charge in [0.05, 0.1) is 6.54 Å². The van der Waals surface area contributed by atoms with Crippen molar-refractivity contribution in [3.8, 4) is 5.75 Å². The summed E-state index contributed by atoms with van der Waals surface area (Å²) in [4.78, 5) is 12.8. The molecule has 0 bridgehead atoms. The third-order valence-corrected chi connectivity index (χ3v) is 4.54. The van der Waals surface area contributed by atoms with Gasteiger partial charge in [-0.3, -0.25) is 4.79 Å². The van der Waals surface area contributed by atoms with Gasteiger partial charge < -0.3 is 10.1 Å². The van der Waals surface area contributed by atoms with Gasteiger partial charge in [-0.1, -0.05) is 47.7 Å². The zero-order chi connectivity index (χ0) is 17.8. The molecule has 0 aliphatic carbocycles. The highest BCUT2D eigenvalue weighted by Gasteiger charge is 2.13. The minimum absolute atomic E-state index is 0.135. The molecule has 0 atom stereocenters. The summed E-state index contributed by atoms with van der Waals surface area (Å²) in [5.41, 5.74) is 0.618. The summed E-state index contributed by atoms with van der Waals surface area (Å²) in [6.07, 6.45) is 0. The van der Waals surface area contributed by atoms with E-state index in [2.05, 4.69) is 20.6 Å². The molecular weight excluding hydrogens is 350 g/mol. The fourth-order valence-corrected chi connectivity index (χ4v) is 3.16. The molecule has 1 amide bonds. The van der Waals surface area contributed by atoms with E-state index in [1.807, 2.05) is 48.5 Å². The lowest BCUT2D eigenvalue weighted by atomic mass is 10.2. The Balaban J connectivity index is 1.41. The first-order valence-corrected chi connectivity index (χ1v) is 8.82. The standard InChI is InChI=1S/C18H15N5O2S/c24-17(13-7-3-1-4-8-13)19-11-16-22-23-15(20-21-18(23)26-16)12-25-14-9-5-2-6-10-14/h1-10H,11-12H2,(H,19,24). The molecule has 2 aromatic heterocycles. The number of hydrogen-bond donors (Lipinski definition) is 1. The highest BCUT2D eigenvalue weighted by molar-refractivity contribution is 7.16. The van der Waals surface area contributed by atoms with Crippen molar-refractivity contribution in [3.63, 3.8) is 0 Å². The van der Waals surface area contributed by atoms with Gasteiger partial charge in [0.15, 0.2) is 5.82 Å². The number of fused-ring (bicyclic) bond motifs is 1. The number of aromatic nitrogens is 4. The van der Waals surface area contributed by atoms with E-state index in [-0.39, 0.29) is 12.5 Å². The minimum Gasteiger partial charge on any atom is -0.486 e. The monoisotopic (exact) mass is 365 g/mol. The number of nitrogens with one attached hydrogen (secondary N) is 1. The molecule has 0 fully saturated rings. The van der Waals surface area contributed by atoms with Gasteiger partial charge in [0.2, 0.25) is 4.96 Å². The molecule has 0 aliphatic heterocycles. The Morgan fingerprint density at radius 3 is 2.54 bits per heavy atom. The highest BCUT2D eigenvalue weighted by atomic mass is 32.1. The normalized spacial score (nSPS) is 10.8. The first kappa shape index (κ1) is 16.2. The molecule has 8 heteroatoms. The van der Waals surface area contributed by atoms with Crippen molar-refractivity contribution < 1.29 is 9.53 Å². The molecule has 1 N–H and O–H groups in total. The van der Waals surface area contributed by atoms with Crippen LogP contribution >= 0.6 is 11.3 Å². The Morgan fingerprint density at radius 1 is 1.04 bits per heavy atom. The SMILES string of the molecule is O=C(NCc1nn2c(COc3ccccc3)nnc2s1)c1ccccc1. The summed E-state index contributed by atoms with van der Waals surface area (Å²) >= 11 is 1.38. The van der Waals surface area contributed by atoms with Crippen LogP contribution in [0.15, 0.2) is 60.7 Å². The second kappa shape index (κ2) is 7.32. The van der Waals surface area contributed by atoms with Gasteiger partial charge in [0.1, 0.15) is 17.4 Å². The second-order valence-corrected chi connectivity index (χ2v) is 6.50. The number of benzene rings is 2. The number of amides is 1. The van der Waals surface area contributed by atoms with Crippen molar-refractivity contribution in [2.75, 3.05) is 0 Å². The lowest BCUT2D eigenvalue weighted by Crippen LogP contribution is -2.22. The van der Waals surface area contributed by atoms with Gasteiger partial charge in [-0.15, -0.1) is 10.2 Å². The second-order valence-electron chi connectivity index (χ2n) is 5.46. The van der Waals surface area contributed by atoms with E-state index in [0.717, 1.165) is 10.8 Å². The molecule has 0 saturated carbocycles. The van der Waals surface area contributed by atoms with E-state index < -0.39 is 0 Å². The van der Waals surface area contributed by atoms with E-state index in [4.69, 9.17) is 4.74 Å². The van der Waals surface area contributed by atoms with Crippen LogP contribution in [0.5, 0.6) is 5.75 Å². The average Bonchev–Trinajstić information content (AvgIpc) is 3.26. The van der Waals surface area contributed by atoms with Crippen molar-refractivity contribution in [2.24, 2.45) is 0 Å². The summed E-state index contributed by atoms with van der Waals surface area (Å²) in [7, 11) is 0. The maximum Gasteiger partial charge on any atom is 0.251 e. The summed E-state index contributed by atoms with van der Waals surface area (Å²) in [6.45, 7) is 0.603. The maximum atomic E-state index is 12.1. The Morgan fingerprint density at radius 2 is 1.77 bits per heavy atom. The molecular formula is C18H15N5O2S. The van der Waals surface area contributed by atoms with Crippen LogP contribution < -0.4 is 10.1 Å². The molecule has 26 heavy (non-hydrogen) atoms. The third-order valence-electron chi connectivity index (χ3n) is 3.64. The predicted octanol–water partition coefficient (Wildman–Crippen LogP) is 2.69. The summed E-state index contributed by atoms with van der Waals surface area (Å²) in [5.74, 6) is 1.24. The molecule has 0 aliphatic rings. The zero-order valence-corrected chi connectivity index (χ0v) is 14.5. The molecule has 0 radical (unpaired) electrons. The molecule has 7 nitrogen and oxygen atoms in total. The van der Waals surface area contributed by atoms with Crippen molar-refractivity contribution in [1.82, 2.24) is 25.1 Å². The van der Waals surface area contributed by atoms with Crippen LogP contribution in [0.25, 0.3) is 4.96 Å². The molecule has 2 heterocycles. The Bertz CT molecular complexity index is 1010. The van der Waals surface area contributed by atoms with Gasteiger partial charge in [-0.05, 0) is 24.3 Å². The largest absolute Gasteiger partial charge is 0.486 e. The van der Waals surface area contributed by atoms with Crippen LogP contribution in [-0.4, -0.2) is 25.7 Å². The van der Waals surface area contributed by atoms with Crippen LogP contribution in [0.2, 0.25) is 0 Å². The van der Waals surface area contributed by atoms with Crippen molar-refractivity contribution in [1.29, 1.82) is 0 Å². The first-order valence-electron chi connectivity index (χ1n) is 8.01. The Hall–Kier alpha value is -3.26. The minimum atomic E-state index is -0.135. The Labute approximate surface area is 153 Å². The lowest BCUT2D eigenvalue weighted by molar-refractivity contribution is 0.0950. The van der Waals surface area contributed by atoms with Crippen molar-refractivity contribution in [2.45, 2.75) is 13.2 Å². The third kappa shape index (κ3) is 3.55. The van der Waals surface area contributed by atoms with E-state index in [1.54, 1.807) is 16.6 Å². The van der Waals surface area contributed by atoms with Gasteiger partial charge >= 0.3 is 0 Å². The molecule has 2 aromatic carbocycles. The van der Waals surface area contributed by atoms with E-state index in [9.17, 15) is 4.79 Å². The number of ether oxygens (including phenoxy) is 1. The predicted molar refractivity (Wildman–Crippen MR) is 97.0 cm³/mol. The smallest absolute Gasteiger partial charge is 0.251 e. The number of hydrogen-bond acceptors (Lipinski definition) is 6. The maximum absolute atomic E-state index is 12.1. The molecule has 4 rings (SSSR count). The summed E-state index contributed by atoms with van der Waals surface area (Å²) in [5, 5.41) is 16.3. The highest BCUT2D eigenvalue weighted by Crippen LogP contribution is 2.16. The molecule has 0 saturated heterocycles. The van der Waals surface area contributed by atoms with E-state index >= 15 is 0 Å². The summed E-state index contributed by atoms with van der Waals surface area (Å²) in [6, 6.07) is 18.6. The van der Waals surface area contributed by atoms with E-state index in [0.29, 0.717) is 22.9 Å². The fourth-order valence-electron chi connectivity index (χ4n) is 2.37. The Kier molecular flexibility index (Phi) is 4.57. The number of nitrogens with zero attached hydrogens (tertiary/aromatic N) is 4. The first-order chi connectivity index (χ1) is 12.8.